The number of anilines is 1. The number of carbonyl (C=O) groups excluding carboxylic acids is 1. The Morgan fingerprint density at radius 1 is 1.07 bits per heavy atom. The van der Waals surface area contributed by atoms with E-state index in [1.807, 2.05) is 0 Å². The van der Waals surface area contributed by atoms with Crippen molar-refractivity contribution in [2.75, 3.05) is 11.4 Å². The first-order valence-corrected chi connectivity index (χ1v) is 10.4. The molecule has 8 heteroatoms. The first-order chi connectivity index (χ1) is 12.9. The molecule has 0 radical (unpaired) electrons. The fourth-order valence-electron chi connectivity index (χ4n) is 2.47. The molecule has 0 bridgehead atoms. The highest BCUT2D eigenvalue weighted by molar-refractivity contribution is 7.92. The molecule has 1 aromatic heterocycles. The Labute approximate surface area is 161 Å². The zero-order chi connectivity index (χ0) is 19.4. The molecule has 1 N–H and O–H groups in total. The third-order valence-corrected chi connectivity index (χ3v) is 6.65. The number of hydrogen-bond acceptors (Lipinski definition) is 4. The smallest absolute Gasteiger partial charge is 0.264 e. The van der Waals surface area contributed by atoms with E-state index in [0.29, 0.717) is 10.6 Å². The van der Waals surface area contributed by atoms with Crippen LogP contribution < -0.4 is 9.62 Å². The van der Waals surface area contributed by atoms with Crippen LogP contribution in [0.25, 0.3) is 0 Å². The molecule has 0 unspecified atom stereocenters. The van der Waals surface area contributed by atoms with Crippen LogP contribution in [-0.4, -0.2) is 21.4 Å². The van der Waals surface area contributed by atoms with E-state index in [2.05, 4.69) is 5.32 Å². The number of rotatable bonds is 6. The van der Waals surface area contributed by atoms with E-state index in [9.17, 15) is 17.6 Å². The van der Waals surface area contributed by atoms with E-state index in [4.69, 9.17) is 0 Å². The van der Waals surface area contributed by atoms with E-state index in [1.54, 1.807) is 41.8 Å². The fourth-order valence-corrected chi connectivity index (χ4v) is 4.59. The van der Waals surface area contributed by atoms with Crippen molar-refractivity contribution >= 4 is 33.0 Å². The second kappa shape index (κ2) is 7.89. The lowest BCUT2D eigenvalue weighted by Crippen LogP contribution is -2.29. The molecule has 0 aliphatic heterocycles. The van der Waals surface area contributed by atoms with Crippen molar-refractivity contribution in [3.63, 3.8) is 0 Å². The van der Waals surface area contributed by atoms with Gasteiger partial charge in [0.05, 0.1) is 10.6 Å². The first-order valence-electron chi connectivity index (χ1n) is 8.03. The molecular weight excluding hydrogens is 387 g/mol. The largest absolute Gasteiger partial charge is 0.347 e. The van der Waals surface area contributed by atoms with Crippen LogP contribution >= 0.6 is 11.3 Å². The Morgan fingerprint density at radius 3 is 2.41 bits per heavy atom. The minimum absolute atomic E-state index is 0.149. The van der Waals surface area contributed by atoms with Crippen LogP contribution in [0.15, 0.2) is 70.9 Å². The molecule has 140 valence electrons. The summed E-state index contributed by atoms with van der Waals surface area (Å²) in [6, 6.07) is 15.4. The third kappa shape index (κ3) is 4.17. The molecule has 0 saturated carbocycles. The Bertz CT molecular complexity index is 1030. The molecule has 2 aromatic carbocycles. The van der Waals surface area contributed by atoms with E-state index >= 15 is 0 Å². The minimum Gasteiger partial charge on any atom is -0.347 e. The molecule has 0 atom stereocenters. The summed E-state index contributed by atoms with van der Waals surface area (Å²) in [5.41, 5.74) is 1.05. The second-order valence-corrected chi connectivity index (χ2v) is 8.62. The number of nitrogens with one attached hydrogen (secondary N) is 1. The standard InChI is InChI=1S/C19H17FN2O3S2/c1-22(27(24,25)16-5-3-2-4-6-16)17-11-12-26-18(17)19(23)21-13-14-7-9-15(20)10-8-14/h2-12H,13H2,1H3,(H,21,23). The normalized spacial score (nSPS) is 11.2. The summed E-state index contributed by atoms with van der Waals surface area (Å²) in [5.74, 6) is -0.738. The maximum absolute atomic E-state index is 13.0. The SMILES string of the molecule is CN(c1ccsc1C(=O)NCc1ccc(F)cc1)S(=O)(=O)c1ccccc1. The third-order valence-electron chi connectivity index (χ3n) is 3.96. The number of halogens is 1. The van der Waals surface area contributed by atoms with Crippen molar-refractivity contribution in [3.05, 3.63) is 82.3 Å². The van der Waals surface area contributed by atoms with Gasteiger partial charge in [-0.05, 0) is 41.3 Å². The van der Waals surface area contributed by atoms with Crippen LogP contribution in [-0.2, 0) is 16.6 Å². The monoisotopic (exact) mass is 404 g/mol. The summed E-state index contributed by atoms with van der Waals surface area (Å²) in [6.45, 7) is 0.214. The summed E-state index contributed by atoms with van der Waals surface area (Å²) >= 11 is 1.16. The van der Waals surface area contributed by atoms with Gasteiger partial charge in [0.15, 0.2) is 0 Å². The molecule has 0 aliphatic rings. The maximum Gasteiger partial charge on any atom is 0.264 e. The van der Waals surface area contributed by atoms with E-state index < -0.39 is 10.0 Å². The number of benzene rings is 2. The predicted octanol–water partition coefficient (Wildman–Crippen LogP) is 3.64. The molecule has 3 rings (SSSR count). The van der Waals surface area contributed by atoms with Gasteiger partial charge in [0, 0.05) is 13.6 Å². The molecule has 1 heterocycles. The highest BCUT2D eigenvalue weighted by Gasteiger charge is 2.25. The molecular formula is C19H17FN2O3S2. The van der Waals surface area contributed by atoms with Gasteiger partial charge in [-0.2, -0.15) is 0 Å². The fraction of sp³-hybridized carbons (Fsp3) is 0.105. The number of nitrogens with zero attached hydrogens (tertiary/aromatic N) is 1. The summed E-state index contributed by atoms with van der Waals surface area (Å²) in [6.07, 6.45) is 0. The molecule has 0 spiro atoms. The Morgan fingerprint density at radius 2 is 1.74 bits per heavy atom. The average molecular weight is 404 g/mol. The first kappa shape index (κ1) is 19.1. The van der Waals surface area contributed by atoms with Crippen LogP contribution in [0.1, 0.15) is 15.2 Å². The lowest BCUT2D eigenvalue weighted by atomic mass is 10.2. The predicted molar refractivity (Wildman–Crippen MR) is 104 cm³/mol. The van der Waals surface area contributed by atoms with Gasteiger partial charge >= 0.3 is 0 Å². The molecule has 0 aliphatic carbocycles. The zero-order valence-corrected chi connectivity index (χ0v) is 16.1. The van der Waals surface area contributed by atoms with Crippen LogP contribution in [0.5, 0.6) is 0 Å². The van der Waals surface area contributed by atoms with Gasteiger partial charge in [-0.25, -0.2) is 12.8 Å². The minimum atomic E-state index is -3.77. The van der Waals surface area contributed by atoms with Gasteiger partial charge in [-0.15, -0.1) is 11.3 Å². The van der Waals surface area contributed by atoms with Gasteiger partial charge in [0.25, 0.3) is 15.9 Å². The van der Waals surface area contributed by atoms with Crippen molar-refractivity contribution in [1.82, 2.24) is 5.32 Å². The van der Waals surface area contributed by atoms with Crippen molar-refractivity contribution < 1.29 is 17.6 Å². The number of sulfonamides is 1. The number of amides is 1. The topological polar surface area (TPSA) is 66.5 Å². The Balaban J connectivity index is 1.78. The quantitative estimate of drug-likeness (QED) is 0.682. The zero-order valence-electron chi connectivity index (χ0n) is 14.4. The molecule has 5 nitrogen and oxygen atoms in total. The van der Waals surface area contributed by atoms with Crippen molar-refractivity contribution in [3.8, 4) is 0 Å². The Hall–Kier alpha value is -2.71. The molecule has 27 heavy (non-hydrogen) atoms. The second-order valence-electron chi connectivity index (χ2n) is 5.73. The summed E-state index contributed by atoms with van der Waals surface area (Å²) in [5, 5.41) is 4.40. The van der Waals surface area contributed by atoms with E-state index in [0.717, 1.165) is 21.2 Å². The lowest BCUT2D eigenvalue weighted by Gasteiger charge is -2.19. The van der Waals surface area contributed by atoms with Gasteiger partial charge in [0.2, 0.25) is 0 Å². The van der Waals surface area contributed by atoms with Gasteiger partial charge in [-0.3, -0.25) is 9.10 Å². The number of hydrogen-bond donors (Lipinski definition) is 1. The summed E-state index contributed by atoms with van der Waals surface area (Å²) < 4.78 is 39.6. The lowest BCUT2D eigenvalue weighted by molar-refractivity contribution is 0.0955. The highest BCUT2D eigenvalue weighted by atomic mass is 32.2. The van der Waals surface area contributed by atoms with Crippen LogP contribution in [0, 0.1) is 5.82 Å². The summed E-state index contributed by atoms with van der Waals surface area (Å²) in [7, 11) is -2.35. The van der Waals surface area contributed by atoms with Crippen LogP contribution in [0.2, 0.25) is 0 Å². The molecule has 3 aromatic rings. The average Bonchev–Trinajstić information content (AvgIpc) is 3.17. The molecule has 1 amide bonds. The van der Waals surface area contributed by atoms with E-state index in [1.165, 1.54) is 31.3 Å². The van der Waals surface area contributed by atoms with Gasteiger partial charge in [-0.1, -0.05) is 30.3 Å². The van der Waals surface area contributed by atoms with Crippen molar-refractivity contribution in [1.29, 1.82) is 0 Å². The van der Waals surface area contributed by atoms with Crippen LogP contribution in [0.4, 0.5) is 10.1 Å². The van der Waals surface area contributed by atoms with Crippen LogP contribution in [0.3, 0.4) is 0 Å². The molecule has 0 saturated heterocycles. The number of thiophene rings is 1. The maximum atomic E-state index is 13.0. The van der Waals surface area contributed by atoms with Gasteiger partial charge < -0.3 is 5.32 Å². The Kier molecular flexibility index (Phi) is 5.57. The van der Waals surface area contributed by atoms with Gasteiger partial charge in [0.1, 0.15) is 10.7 Å². The summed E-state index contributed by atoms with van der Waals surface area (Å²) in [4.78, 5) is 13.0. The van der Waals surface area contributed by atoms with Crippen molar-refractivity contribution in [2.45, 2.75) is 11.4 Å². The molecule has 0 fully saturated rings. The number of carbonyl (C=O) groups is 1. The van der Waals surface area contributed by atoms with Crippen molar-refractivity contribution in [2.24, 2.45) is 0 Å². The highest BCUT2D eigenvalue weighted by Crippen LogP contribution is 2.29. The van der Waals surface area contributed by atoms with E-state index in [-0.39, 0.29) is 23.2 Å².